The Labute approximate surface area is 294 Å². The Balaban J connectivity index is 1.52. The van der Waals surface area contributed by atoms with Gasteiger partial charge in [-0.3, -0.25) is 4.79 Å². The standard InChI is InChI=1S/C30H44N2O18S/c1-2-17(38)32-11-3-5-12(6-4-11)51-28-22(42)21(41)24(16(10-35)47-28)48-27-23(43)26(20(40)15(9-34)46-27)50-30(29(44)45)7-13(36)18(31)25(49-30)19(39)14(37)8-33/h2-6,13-16,18-28,33-37,39-43H,1,7-10,31H2,(H,32,38)(H,44,45)/t13-,14+,15+,16+,18+,19+,20-,21+,22+,23+,24+,25+,26-,27-,28-,30-/m0/s1. The molecule has 0 unspecified atom stereocenters. The minimum absolute atomic E-state index is 0.429. The van der Waals surface area contributed by atoms with Crippen molar-refractivity contribution in [1.82, 2.24) is 0 Å². The Morgan fingerprint density at radius 3 is 2.20 bits per heavy atom. The highest BCUT2D eigenvalue weighted by Crippen LogP contribution is 2.39. The second-order valence-electron chi connectivity index (χ2n) is 12.2. The summed E-state index contributed by atoms with van der Waals surface area (Å²) in [5.74, 6) is -5.31. The first-order valence-electron chi connectivity index (χ1n) is 15.7. The maximum atomic E-state index is 12.6. The molecule has 3 fully saturated rings. The van der Waals surface area contributed by atoms with Crippen molar-refractivity contribution in [2.45, 2.75) is 108 Å². The lowest BCUT2D eigenvalue weighted by Gasteiger charge is -2.50. The van der Waals surface area contributed by atoms with Gasteiger partial charge in [0.05, 0.1) is 32.0 Å². The van der Waals surface area contributed by atoms with Gasteiger partial charge in [-0.25, -0.2) is 4.79 Å². The Kier molecular flexibility index (Phi) is 14.3. The van der Waals surface area contributed by atoms with Gasteiger partial charge in [-0.1, -0.05) is 18.3 Å². The van der Waals surface area contributed by atoms with Crippen molar-refractivity contribution in [3.63, 3.8) is 0 Å². The fourth-order valence-corrected chi connectivity index (χ4v) is 6.87. The topological polar surface area (TPSA) is 341 Å². The van der Waals surface area contributed by atoms with Crippen LogP contribution in [0.15, 0.2) is 41.8 Å². The van der Waals surface area contributed by atoms with E-state index in [4.69, 9.17) is 29.4 Å². The van der Waals surface area contributed by atoms with E-state index in [1.54, 1.807) is 24.3 Å². The quantitative estimate of drug-likeness (QED) is 0.0788. The highest BCUT2D eigenvalue weighted by Gasteiger charge is 2.59. The molecule has 51 heavy (non-hydrogen) atoms. The molecule has 288 valence electrons. The number of benzene rings is 1. The number of carbonyl (C=O) groups excluding carboxylic acids is 1. The lowest BCUT2D eigenvalue weighted by molar-refractivity contribution is -0.379. The van der Waals surface area contributed by atoms with Crippen molar-refractivity contribution < 1.29 is 89.4 Å². The van der Waals surface area contributed by atoms with Crippen LogP contribution >= 0.6 is 11.8 Å². The predicted octanol–water partition coefficient (Wildman–Crippen LogP) is -5.48. The molecule has 0 saturated carbocycles. The third-order valence-corrected chi connectivity index (χ3v) is 9.86. The van der Waals surface area contributed by atoms with Crippen molar-refractivity contribution in [1.29, 1.82) is 0 Å². The maximum absolute atomic E-state index is 12.6. The van der Waals surface area contributed by atoms with E-state index in [1.165, 1.54) is 0 Å². The first-order chi connectivity index (χ1) is 24.1. The number of carbonyl (C=O) groups is 2. The van der Waals surface area contributed by atoms with Gasteiger partial charge in [-0.05, 0) is 30.3 Å². The Bertz CT molecular complexity index is 1330. The highest BCUT2D eigenvalue weighted by molar-refractivity contribution is 7.99. The van der Waals surface area contributed by atoms with Crippen molar-refractivity contribution in [2.24, 2.45) is 5.73 Å². The molecule has 4 rings (SSSR count). The third kappa shape index (κ3) is 9.05. The molecule has 3 aliphatic rings. The summed E-state index contributed by atoms with van der Waals surface area (Å²) in [5.41, 5.74) is 5.17. The number of aliphatic carboxylic acids is 1. The number of aliphatic hydroxyl groups excluding tert-OH is 10. The van der Waals surface area contributed by atoms with Gasteiger partial charge in [-0.15, -0.1) is 0 Å². The fourth-order valence-electron chi connectivity index (χ4n) is 5.81. The van der Waals surface area contributed by atoms with Crippen molar-refractivity contribution in [3.05, 3.63) is 36.9 Å². The molecule has 1 aromatic carbocycles. The molecule has 14 N–H and O–H groups in total. The van der Waals surface area contributed by atoms with Gasteiger partial charge in [0, 0.05) is 17.0 Å². The molecule has 20 nitrogen and oxygen atoms in total. The van der Waals surface area contributed by atoms with Crippen LogP contribution in [0.2, 0.25) is 0 Å². The van der Waals surface area contributed by atoms with Gasteiger partial charge in [0.25, 0.3) is 5.79 Å². The number of carboxylic acid groups (broad SMARTS) is 1. The Morgan fingerprint density at radius 1 is 0.980 bits per heavy atom. The van der Waals surface area contributed by atoms with Crippen LogP contribution < -0.4 is 11.1 Å². The molecule has 0 bridgehead atoms. The van der Waals surface area contributed by atoms with Crippen molar-refractivity contribution in [2.75, 3.05) is 25.1 Å². The third-order valence-electron chi connectivity index (χ3n) is 8.69. The van der Waals surface area contributed by atoms with E-state index in [0.29, 0.717) is 10.6 Å². The monoisotopic (exact) mass is 752 g/mol. The smallest absolute Gasteiger partial charge is 0.364 e. The summed E-state index contributed by atoms with van der Waals surface area (Å²) in [7, 11) is 0. The highest BCUT2D eigenvalue weighted by atomic mass is 32.2. The predicted molar refractivity (Wildman–Crippen MR) is 169 cm³/mol. The van der Waals surface area contributed by atoms with E-state index in [-0.39, 0.29) is 0 Å². The first-order valence-corrected chi connectivity index (χ1v) is 16.6. The molecule has 3 heterocycles. The van der Waals surface area contributed by atoms with Crippen LogP contribution in [0.5, 0.6) is 0 Å². The number of ether oxygens (including phenoxy) is 5. The molecule has 0 spiro atoms. The van der Waals surface area contributed by atoms with Crippen LogP contribution in [0.25, 0.3) is 0 Å². The summed E-state index contributed by atoms with van der Waals surface area (Å²) in [6.45, 7) is 0.640. The second kappa shape index (κ2) is 17.6. The van der Waals surface area contributed by atoms with E-state index in [9.17, 15) is 65.8 Å². The lowest BCUT2D eigenvalue weighted by atomic mass is 9.88. The van der Waals surface area contributed by atoms with Crippen LogP contribution in [0.4, 0.5) is 5.69 Å². The first kappa shape index (κ1) is 41.4. The van der Waals surface area contributed by atoms with Crippen LogP contribution in [0, 0.1) is 0 Å². The summed E-state index contributed by atoms with van der Waals surface area (Å²) in [6, 6.07) is 4.84. The number of aliphatic hydroxyl groups is 10. The molecule has 0 aliphatic carbocycles. The summed E-state index contributed by atoms with van der Waals surface area (Å²) < 4.78 is 28.1. The van der Waals surface area contributed by atoms with Crippen LogP contribution in [0.1, 0.15) is 6.42 Å². The molecule has 1 aromatic rings. The van der Waals surface area contributed by atoms with E-state index in [2.05, 4.69) is 11.9 Å². The van der Waals surface area contributed by atoms with E-state index in [0.717, 1.165) is 17.8 Å². The maximum Gasteiger partial charge on any atom is 0.364 e. The van der Waals surface area contributed by atoms with Gasteiger partial charge < -0.3 is 90.9 Å². The van der Waals surface area contributed by atoms with Gasteiger partial charge in [0.15, 0.2) is 6.29 Å². The lowest BCUT2D eigenvalue weighted by Crippen LogP contribution is -2.70. The van der Waals surface area contributed by atoms with Gasteiger partial charge in [-0.2, -0.15) is 0 Å². The number of rotatable bonds is 14. The van der Waals surface area contributed by atoms with Gasteiger partial charge in [0.1, 0.15) is 72.6 Å². The summed E-state index contributed by atoms with van der Waals surface area (Å²) in [6.07, 6.45) is -23.7. The molecule has 16 atom stereocenters. The molecule has 21 heteroatoms. The molecular weight excluding hydrogens is 708 g/mol. The number of carboxylic acids is 1. The van der Waals surface area contributed by atoms with Gasteiger partial charge >= 0.3 is 5.97 Å². The number of thioether (sulfide) groups is 1. The number of amides is 1. The molecule has 1 amide bonds. The van der Waals surface area contributed by atoms with E-state index < -0.39 is 135 Å². The zero-order valence-corrected chi connectivity index (χ0v) is 27.7. The number of nitrogens with one attached hydrogen (secondary N) is 1. The van der Waals surface area contributed by atoms with E-state index in [1.807, 2.05) is 0 Å². The Morgan fingerprint density at radius 2 is 1.63 bits per heavy atom. The van der Waals surface area contributed by atoms with Crippen LogP contribution in [-0.4, -0.2) is 185 Å². The Hall–Kier alpha value is -2.39. The zero-order valence-electron chi connectivity index (χ0n) is 26.8. The average Bonchev–Trinajstić information content (AvgIpc) is 3.12. The summed E-state index contributed by atoms with van der Waals surface area (Å²) in [5, 5.41) is 117. The minimum Gasteiger partial charge on any atom is -0.477 e. The van der Waals surface area contributed by atoms with Crippen molar-refractivity contribution >= 4 is 29.3 Å². The molecule has 0 radical (unpaired) electrons. The minimum atomic E-state index is -2.96. The number of hydrogen-bond acceptors (Lipinski definition) is 19. The van der Waals surface area contributed by atoms with Gasteiger partial charge in [0.2, 0.25) is 5.91 Å². The molecule has 3 saturated heterocycles. The largest absolute Gasteiger partial charge is 0.477 e. The second-order valence-corrected chi connectivity index (χ2v) is 13.3. The number of anilines is 1. The normalized spacial score (nSPS) is 39.9. The summed E-state index contributed by atoms with van der Waals surface area (Å²) in [4.78, 5) is 24.6. The average molecular weight is 753 g/mol. The molecule has 0 aromatic heterocycles. The van der Waals surface area contributed by atoms with E-state index >= 15 is 0 Å². The van der Waals surface area contributed by atoms with Crippen LogP contribution in [-0.2, 0) is 33.3 Å². The molecular formula is C30H44N2O18S. The van der Waals surface area contributed by atoms with Crippen LogP contribution in [0.3, 0.4) is 0 Å². The van der Waals surface area contributed by atoms with Crippen molar-refractivity contribution in [3.8, 4) is 0 Å². The zero-order chi connectivity index (χ0) is 37.8. The fraction of sp³-hybridized carbons (Fsp3) is 0.667. The number of hydrogen-bond donors (Lipinski definition) is 13. The number of nitrogens with two attached hydrogens (primary N) is 1. The SMILES string of the molecule is C=CC(=O)Nc1ccc(S[C@@H]2O[C@H](CO)[C@@H](O[C@@H]3O[C@H](CO)[C@H](O)[C@H](O[C@]4(C(=O)O)C[C@H](O)[C@@H](N)[C@H]([C@H](O)[C@H](O)CO)O4)[C@H]3O)[C@H](O)[C@H]2O)cc1. The molecule has 3 aliphatic heterocycles. The summed E-state index contributed by atoms with van der Waals surface area (Å²) >= 11 is 0.965.